The highest BCUT2D eigenvalue weighted by molar-refractivity contribution is 6.04. The largest absolute Gasteiger partial charge is 0.484 e. The van der Waals surface area contributed by atoms with Crippen molar-refractivity contribution in [3.8, 4) is 5.75 Å². The summed E-state index contributed by atoms with van der Waals surface area (Å²) in [6.07, 6.45) is 4.27. The Balaban J connectivity index is 1.59. The Kier molecular flexibility index (Phi) is 7.14. The lowest BCUT2D eigenvalue weighted by molar-refractivity contribution is -0.118. The number of ether oxygens (including phenoxy) is 1. The van der Waals surface area contributed by atoms with Crippen LogP contribution in [0.5, 0.6) is 5.75 Å². The summed E-state index contributed by atoms with van der Waals surface area (Å²) in [5, 5.41) is 2.83. The zero-order valence-corrected chi connectivity index (χ0v) is 18.2. The standard InChI is InChI=1S/C25H32N2O3/c1-4-25(2,3)19-12-14-20(15-13-19)30-18-23(28)26-22-11-7-6-10-21(22)24(29)27-16-8-5-9-17-27/h6-7,10-15H,4-5,8-9,16-18H2,1-3H3,(H,26,28). The molecule has 1 heterocycles. The molecule has 0 spiro atoms. The monoisotopic (exact) mass is 408 g/mol. The van der Waals surface area contributed by atoms with Crippen LogP contribution in [0.3, 0.4) is 0 Å². The van der Waals surface area contributed by atoms with Gasteiger partial charge in [-0.2, -0.15) is 0 Å². The molecule has 0 aromatic heterocycles. The normalized spacial score (nSPS) is 14.3. The van der Waals surface area contributed by atoms with Gasteiger partial charge in [0, 0.05) is 13.1 Å². The minimum atomic E-state index is -0.285. The lowest BCUT2D eigenvalue weighted by Gasteiger charge is -2.27. The van der Waals surface area contributed by atoms with Gasteiger partial charge in [0.15, 0.2) is 6.61 Å². The number of anilines is 1. The van der Waals surface area contributed by atoms with Crippen molar-refractivity contribution in [2.75, 3.05) is 25.0 Å². The van der Waals surface area contributed by atoms with Crippen LogP contribution >= 0.6 is 0 Å². The van der Waals surface area contributed by atoms with Gasteiger partial charge in [0.1, 0.15) is 5.75 Å². The molecule has 1 aliphatic rings. The molecule has 0 radical (unpaired) electrons. The van der Waals surface area contributed by atoms with Gasteiger partial charge < -0.3 is 15.0 Å². The molecular weight excluding hydrogens is 376 g/mol. The molecule has 0 saturated carbocycles. The minimum Gasteiger partial charge on any atom is -0.484 e. The van der Waals surface area contributed by atoms with Crippen molar-refractivity contribution in [3.05, 3.63) is 59.7 Å². The van der Waals surface area contributed by atoms with E-state index in [1.54, 1.807) is 12.1 Å². The molecule has 1 aliphatic heterocycles. The number of piperidine rings is 1. The van der Waals surface area contributed by atoms with Crippen molar-refractivity contribution in [2.45, 2.75) is 51.9 Å². The number of likely N-dealkylation sites (tertiary alicyclic amines) is 1. The van der Waals surface area contributed by atoms with Crippen molar-refractivity contribution < 1.29 is 14.3 Å². The Morgan fingerprint density at radius 1 is 1.00 bits per heavy atom. The van der Waals surface area contributed by atoms with Crippen molar-refractivity contribution >= 4 is 17.5 Å². The van der Waals surface area contributed by atoms with Crippen molar-refractivity contribution in [1.29, 1.82) is 0 Å². The smallest absolute Gasteiger partial charge is 0.262 e. The van der Waals surface area contributed by atoms with Crippen LogP contribution in [0, 0.1) is 0 Å². The fourth-order valence-corrected chi connectivity index (χ4v) is 3.59. The molecule has 30 heavy (non-hydrogen) atoms. The summed E-state index contributed by atoms with van der Waals surface area (Å²) >= 11 is 0. The summed E-state index contributed by atoms with van der Waals surface area (Å²) in [6.45, 7) is 8.02. The second-order valence-corrected chi connectivity index (χ2v) is 8.50. The van der Waals surface area contributed by atoms with Crippen LogP contribution in [0.15, 0.2) is 48.5 Å². The van der Waals surface area contributed by atoms with Crippen molar-refractivity contribution in [1.82, 2.24) is 4.90 Å². The van der Waals surface area contributed by atoms with E-state index in [0.29, 0.717) is 17.0 Å². The summed E-state index contributed by atoms with van der Waals surface area (Å²) in [5.41, 5.74) is 2.41. The van der Waals surface area contributed by atoms with Gasteiger partial charge in [0.25, 0.3) is 11.8 Å². The molecule has 3 rings (SSSR count). The molecule has 0 unspecified atom stereocenters. The third-order valence-electron chi connectivity index (χ3n) is 5.96. The molecule has 1 fully saturated rings. The number of hydrogen-bond acceptors (Lipinski definition) is 3. The Bertz CT molecular complexity index is 868. The predicted octanol–water partition coefficient (Wildman–Crippen LogP) is 5.02. The summed E-state index contributed by atoms with van der Waals surface area (Å²) < 4.78 is 5.65. The van der Waals surface area contributed by atoms with Gasteiger partial charge in [-0.15, -0.1) is 0 Å². The van der Waals surface area contributed by atoms with E-state index < -0.39 is 0 Å². The van der Waals surface area contributed by atoms with Crippen LogP contribution in [-0.2, 0) is 10.2 Å². The third kappa shape index (κ3) is 5.41. The predicted molar refractivity (Wildman–Crippen MR) is 120 cm³/mol. The number of benzene rings is 2. The number of nitrogens with one attached hydrogen (secondary N) is 1. The number of carbonyl (C=O) groups is 2. The molecular formula is C25H32N2O3. The highest BCUT2D eigenvalue weighted by Crippen LogP contribution is 2.28. The minimum absolute atomic E-state index is 0.0272. The van der Waals surface area contributed by atoms with Crippen molar-refractivity contribution in [3.63, 3.8) is 0 Å². The number of amides is 2. The maximum Gasteiger partial charge on any atom is 0.262 e. The third-order valence-corrected chi connectivity index (χ3v) is 5.96. The van der Waals surface area contributed by atoms with Gasteiger partial charge in [-0.25, -0.2) is 0 Å². The average Bonchev–Trinajstić information content (AvgIpc) is 2.78. The SMILES string of the molecule is CCC(C)(C)c1ccc(OCC(=O)Nc2ccccc2C(=O)N2CCCCC2)cc1. The number of carbonyl (C=O) groups excluding carboxylic acids is 2. The summed E-state index contributed by atoms with van der Waals surface area (Å²) in [7, 11) is 0. The summed E-state index contributed by atoms with van der Waals surface area (Å²) in [6, 6.07) is 15.0. The first-order chi connectivity index (χ1) is 14.4. The topological polar surface area (TPSA) is 58.6 Å². The van der Waals surface area contributed by atoms with Crippen LogP contribution in [0.1, 0.15) is 62.4 Å². The first-order valence-electron chi connectivity index (χ1n) is 10.8. The van der Waals surface area contributed by atoms with E-state index in [1.807, 2.05) is 41.3 Å². The van der Waals surface area contributed by atoms with Gasteiger partial charge in [0.2, 0.25) is 0 Å². The molecule has 5 nitrogen and oxygen atoms in total. The average molecular weight is 409 g/mol. The van der Waals surface area contributed by atoms with E-state index in [-0.39, 0.29) is 23.8 Å². The molecule has 160 valence electrons. The molecule has 0 aliphatic carbocycles. The Morgan fingerprint density at radius 3 is 2.33 bits per heavy atom. The number of hydrogen-bond donors (Lipinski definition) is 1. The van der Waals surface area contributed by atoms with Gasteiger partial charge in [-0.1, -0.05) is 45.0 Å². The number of rotatable bonds is 7. The fraction of sp³-hybridized carbons (Fsp3) is 0.440. The van der Waals surface area contributed by atoms with Crippen molar-refractivity contribution in [2.24, 2.45) is 0 Å². The Labute approximate surface area is 179 Å². The van der Waals surface area contributed by atoms with Crippen LogP contribution in [-0.4, -0.2) is 36.4 Å². The van der Waals surface area contributed by atoms with E-state index in [0.717, 1.165) is 38.8 Å². The molecule has 2 aromatic rings. The molecule has 0 atom stereocenters. The Morgan fingerprint density at radius 2 is 1.67 bits per heavy atom. The Hall–Kier alpha value is -2.82. The van der Waals surface area contributed by atoms with Crippen LogP contribution < -0.4 is 10.1 Å². The lowest BCUT2D eigenvalue weighted by Crippen LogP contribution is -2.36. The molecule has 0 bridgehead atoms. The lowest BCUT2D eigenvalue weighted by atomic mass is 9.82. The van der Waals surface area contributed by atoms with Gasteiger partial charge in [-0.3, -0.25) is 9.59 Å². The first-order valence-corrected chi connectivity index (χ1v) is 10.8. The van der Waals surface area contributed by atoms with Gasteiger partial charge in [-0.05, 0) is 60.9 Å². The molecule has 1 N–H and O–H groups in total. The maximum absolute atomic E-state index is 12.9. The fourth-order valence-electron chi connectivity index (χ4n) is 3.59. The van der Waals surface area contributed by atoms with Crippen LogP contribution in [0.2, 0.25) is 0 Å². The quantitative estimate of drug-likeness (QED) is 0.700. The van der Waals surface area contributed by atoms with Crippen LogP contribution in [0.4, 0.5) is 5.69 Å². The van der Waals surface area contributed by atoms with E-state index in [1.165, 1.54) is 5.56 Å². The van der Waals surface area contributed by atoms with E-state index >= 15 is 0 Å². The molecule has 2 amide bonds. The zero-order valence-electron chi connectivity index (χ0n) is 18.2. The maximum atomic E-state index is 12.9. The summed E-state index contributed by atoms with van der Waals surface area (Å²) in [4.78, 5) is 27.2. The molecule has 2 aromatic carbocycles. The van der Waals surface area contributed by atoms with Gasteiger partial charge >= 0.3 is 0 Å². The second-order valence-electron chi connectivity index (χ2n) is 8.50. The van der Waals surface area contributed by atoms with Gasteiger partial charge in [0.05, 0.1) is 11.3 Å². The molecule has 5 heteroatoms. The summed E-state index contributed by atoms with van der Waals surface area (Å²) in [5.74, 6) is 0.339. The number of para-hydroxylation sites is 1. The highest BCUT2D eigenvalue weighted by Gasteiger charge is 2.21. The van der Waals surface area contributed by atoms with E-state index in [2.05, 4.69) is 26.1 Å². The second kappa shape index (κ2) is 9.79. The van der Waals surface area contributed by atoms with E-state index in [4.69, 9.17) is 4.74 Å². The molecule has 1 saturated heterocycles. The van der Waals surface area contributed by atoms with E-state index in [9.17, 15) is 9.59 Å². The van der Waals surface area contributed by atoms with Crippen LogP contribution in [0.25, 0.3) is 0 Å². The zero-order chi connectivity index (χ0) is 21.6. The highest BCUT2D eigenvalue weighted by atomic mass is 16.5. The number of nitrogens with zero attached hydrogens (tertiary/aromatic N) is 1. The first kappa shape index (κ1) is 21.9.